The number of aromatic carboxylic acids is 1. The van der Waals surface area contributed by atoms with Crippen molar-refractivity contribution in [1.82, 2.24) is 19.9 Å². The Bertz CT molecular complexity index is 2150. The van der Waals surface area contributed by atoms with Crippen LogP contribution in [0.1, 0.15) is 91.2 Å². The van der Waals surface area contributed by atoms with Gasteiger partial charge in [0.1, 0.15) is 17.2 Å². The molecule has 0 saturated heterocycles. The van der Waals surface area contributed by atoms with E-state index in [-0.39, 0.29) is 52.0 Å². The van der Waals surface area contributed by atoms with E-state index in [0.29, 0.717) is 28.4 Å². The molecule has 0 atom stereocenters. The molecule has 16 heteroatoms. The van der Waals surface area contributed by atoms with Crippen LogP contribution in [-0.4, -0.2) is 57.7 Å². The van der Waals surface area contributed by atoms with Gasteiger partial charge in [0.25, 0.3) is 16.3 Å². The van der Waals surface area contributed by atoms with Crippen molar-refractivity contribution >= 4 is 46.2 Å². The predicted molar refractivity (Wildman–Crippen MR) is 213 cm³/mol. The van der Waals surface area contributed by atoms with Gasteiger partial charge in [0.05, 0.1) is 26.7 Å². The molecule has 55 heavy (non-hydrogen) atoms. The Morgan fingerprint density at radius 1 is 0.782 bits per heavy atom. The summed E-state index contributed by atoms with van der Waals surface area (Å²) in [6.07, 6.45) is 0.279. The second-order valence-electron chi connectivity index (χ2n) is 14.2. The first-order chi connectivity index (χ1) is 25.9. The summed E-state index contributed by atoms with van der Waals surface area (Å²) in [5, 5.41) is 26.9. The Morgan fingerprint density at radius 2 is 1.25 bits per heavy atom. The van der Waals surface area contributed by atoms with E-state index in [9.17, 15) is 9.59 Å². The van der Waals surface area contributed by atoms with Crippen molar-refractivity contribution in [1.29, 1.82) is 5.26 Å². The molecule has 0 aliphatic rings. The fourth-order valence-corrected chi connectivity index (χ4v) is 5.98. The minimum atomic E-state index is -1.05. The number of hydrogen-bond donors (Lipinski definition) is 3. The number of carboxylic acid groups (broad SMARTS) is 1. The molecule has 3 N–H and O–H groups in total. The van der Waals surface area contributed by atoms with Crippen LogP contribution in [0, 0.1) is 25.2 Å². The highest BCUT2D eigenvalue weighted by molar-refractivity contribution is 7.12. The van der Waals surface area contributed by atoms with Gasteiger partial charge in [-0.2, -0.15) is 25.2 Å². The summed E-state index contributed by atoms with van der Waals surface area (Å²) in [5.41, 5.74) is 4.59. The van der Waals surface area contributed by atoms with Crippen LogP contribution in [0.4, 0.5) is 11.6 Å². The number of aromatic nitrogens is 4. The number of carbonyl (C=O) groups excluding carboxylic acids is 1. The molecule has 0 spiro atoms. The molecule has 0 aliphatic heterocycles. The average Bonchev–Trinajstić information content (AvgIpc) is 3.80. The number of anilines is 2. The van der Waals surface area contributed by atoms with Gasteiger partial charge in [0.2, 0.25) is 17.7 Å². The number of aryl methyl sites for hydroxylation is 2. The summed E-state index contributed by atoms with van der Waals surface area (Å²) in [7, 11) is 2.83. The number of benzene rings is 2. The first-order valence-electron chi connectivity index (χ1n) is 17.1. The monoisotopic (exact) mass is 787 g/mol. The molecule has 0 aliphatic carbocycles. The van der Waals surface area contributed by atoms with Gasteiger partial charge in [-0.3, -0.25) is 4.79 Å². The number of nitriles is 1. The van der Waals surface area contributed by atoms with Gasteiger partial charge in [-0.05, 0) is 59.1 Å². The van der Waals surface area contributed by atoms with Crippen LogP contribution >= 0.6 is 22.7 Å². The van der Waals surface area contributed by atoms with Crippen molar-refractivity contribution in [2.75, 3.05) is 31.4 Å². The molecular weight excluding hydrogens is 743 g/mol. The lowest BCUT2D eigenvalue weighted by molar-refractivity contribution is 0.0690. The minimum Gasteiger partial charge on any atom is -0.479 e. The zero-order valence-electron chi connectivity index (χ0n) is 32.5. The van der Waals surface area contributed by atoms with Crippen LogP contribution < -0.4 is 29.6 Å². The SMILES string of the molecule is COc1nc(NCCC#N)nc(OC)c1NC(=O)c1csc(Oc2cc(C(C)(C)C)ccc2C)n1.Cc1ccc(C(C)(C)C)cc1Oc1nc(C(=O)O)cs1. The zero-order chi connectivity index (χ0) is 40.5. The van der Waals surface area contributed by atoms with E-state index >= 15 is 0 Å². The number of nitrogens with one attached hydrogen (secondary N) is 2. The minimum absolute atomic E-state index is 0.00892. The zero-order valence-corrected chi connectivity index (χ0v) is 34.1. The fraction of sp³-hybridized carbons (Fsp3) is 0.359. The highest BCUT2D eigenvalue weighted by Crippen LogP contribution is 2.36. The van der Waals surface area contributed by atoms with Crippen LogP contribution in [0.5, 0.6) is 33.6 Å². The first-order valence-corrected chi connectivity index (χ1v) is 18.8. The number of methoxy groups -OCH3 is 2. The topological polar surface area (TPSA) is 191 Å². The summed E-state index contributed by atoms with van der Waals surface area (Å²) in [5.74, 6) is 0.276. The molecule has 290 valence electrons. The van der Waals surface area contributed by atoms with Crippen molar-refractivity contribution in [3.05, 3.63) is 80.8 Å². The van der Waals surface area contributed by atoms with E-state index in [4.69, 9.17) is 29.3 Å². The maximum absolute atomic E-state index is 12.9. The number of nitrogens with zero attached hydrogens (tertiary/aromatic N) is 5. The molecule has 0 unspecified atom stereocenters. The number of ether oxygens (including phenoxy) is 4. The number of carbonyl (C=O) groups is 2. The van der Waals surface area contributed by atoms with Gasteiger partial charge < -0.3 is 34.7 Å². The third-order valence-electron chi connectivity index (χ3n) is 7.91. The normalized spacial score (nSPS) is 11.1. The van der Waals surface area contributed by atoms with Gasteiger partial charge in [0, 0.05) is 17.3 Å². The van der Waals surface area contributed by atoms with Crippen molar-refractivity contribution < 1.29 is 33.6 Å². The van der Waals surface area contributed by atoms with E-state index < -0.39 is 11.9 Å². The number of carboxylic acids is 1. The van der Waals surface area contributed by atoms with Gasteiger partial charge >= 0.3 is 5.97 Å². The van der Waals surface area contributed by atoms with Gasteiger partial charge in [-0.25, -0.2) is 4.79 Å². The third-order valence-corrected chi connectivity index (χ3v) is 9.34. The van der Waals surface area contributed by atoms with Crippen LogP contribution in [0.2, 0.25) is 0 Å². The highest BCUT2D eigenvalue weighted by atomic mass is 32.1. The summed E-state index contributed by atoms with van der Waals surface area (Å²) in [6.45, 7) is 17.1. The first kappa shape index (κ1) is 42.0. The Balaban J connectivity index is 0.000000284. The highest BCUT2D eigenvalue weighted by Gasteiger charge is 2.22. The lowest BCUT2D eigenvalue weighted by Gasteiger charge is -2.20. The molecule has 1 amide bonds. The lowest BCUT2D eigenvalue weighted by atomic mass is 9.86. The Labute approximate surface area is 328 Å². The molecule has 14 nitrogen and oxygen atoms in total. The molecule has 0 saturated carbocycles. The molecule has 0 radical (unpaired) electrons. The van der Waals surface area contributed by atoms with E-state index in [2.05, 4.69) is 84.2 Å². The van der Waals surface area contributed by atoms with Crippen molar-refractivity contribution in [2.45, 2.75) is 72.6 Å². The lowest BCUT2D eigenvalue weighted by Crippen LogP contribution is -2.16. The van der Waals surface area contributed by atoms with Crippen LogP contribution in [0.25, 0.3) is 0 Å². The van der Waals surface area contributed by atoms with Gasteiger partial charge in [-0.1, -0.05) is 88.5 Å². The second-order valence-corrected chi connectivity index (χ2v) is 15.8. The number of amides is 1. The molecule has 3 heterocycles. The molecule has 3 aromatic heterocycles. The maximum Gasteiger partial charge on any atom is 0.355 e. The number of thiazole rings is 2. The molecule has 0 bridgehead atoms. The predicted octanol–water partition coefficient (Wildman–Crippen LogP) is 9.17. The van der Waals surface area contributed by atoms with E-state index in [1.54, 1.807) is 5.38 Å². The molecule has 2 aromatic carbocycles. The van der Waals surface area contributed by atoms with Gasteiger partial charge in [0.15, 0.2) is 11.4 Å². The molecule has 0 fully saturated rings. The van der Waals surface area contributed by atoms with E-state index in [1.807, 2.05) is 44.2 Å². The Kier molecular flexibility index (Phi) is 13.8. The maximum atomic E-state index is 12.9. The van der Waals surface area contributed by atoms with Crippen LogP contribution in [0.15, 0.2) is 47.2 Å². The van der Waals surface area contributed by atoms with Crippen molar-refractivity contribution in [3.8, 4) is 39.7 Å². The largest absolute Gasteiger partial charge is 0.479 e. The summed E-state index contributed by atoms with van der Waals surface area (Å²) in [6, 6.07) is 14.2. The Morgan fingerprint density at radius 3 is 1.67 bits per heavy atom. The second kappa shape index (κ2) is 18.0. The molecular formula is C39H45N7O7S2. The van der Waals surface area contributed by atoms with E-state index in [1.165, 1.54) is 42.3 Å². The van der Waals surface area contributed by atoms with Crippen LogP contribution in [0.3, 0.4) is 0 Å². The third kappa shape index (κ3) is 11.4. The summed E-state index contributed by atoms with van der Waals surface area (Å²) >= 11 is 2.40. The quantitative estimate of drug-likeness (QED) is 0.102. The smallest absolute Gasteiger partial charge is 0.355 e. The molecule has 5 rings (SSSR count). The number of hydrogen-bond acceptors (Lipinski definition) is 14. The molecule has 5 aromatic rings. The fourth-order valence-electron chi connectivity index (χ4n) is 4.66. The van der Waals surface area contributed by atoms with Crippen molar-refractivity contribution in [2.24, 2.45) is 0 Å². The van der Waals surface area contributed by atoms with E-state index in [0.717, 1.165) is 22.3 Å². The standard InChI is InChI=1S/C24H28N6O4S.C15H17NO3S/c1-14-8-9-15(24(2,3)4)12-17(14)34-23-27-16(13-35-23)19(31)28-18-20(32-5)29-22(26-11-7-10-25)30-21(18)33-6;1-9-5-6-10(15(2,3)4)7-12(9)19-14-16-11(8-20-14)13(17)18/h8-9,12-13H,7,11H2,1-6H3,(H,28,31)(H,26,29,30);5-8H,1-4H3,(H,17,18). The van der Waals surface area contributed by atoms with Gasteiger partial charge in [-0.15, -0.1) is 0 Å². The Hall–Kier alpha value is -5.79. The van der Waals surface area contributed by atoms with Crippen LogP contribution in [-0.2, 0) is 10.8 Å². The summed E-state index contributed by atoms with van der Waals surface area (Å²) < 4.78 is 22.3. The number of rotatable bonds is 12. The average molecular weight is 788 g/mol. The van der Waals surface area contributed by atoms with Crippen molar-refractivity contribution in [3.63, 3.8) is 0 Å². The summed E-state index contributed by atoms with van der Waals surface area (Å²) in [4.78, 5) is 40.5.